The summed E-state index contributed by atoms with van der Waals surface area (Å²) in [6.07, 6.45) is 3.87. The number of unbranched alkanes of at least 4 members (excludes halogenated alkanes) is 3. The highest BCUT2D eigenvalue weighted by Crippen LogP contribution is 2.14. The molecule has 0 saturated heterocycles. The summed E-state index contributed by atoms with van der Waals surface area (Å²) in [5.74, 6) is -0.818. The van der Waals surface area contributed by atoms with Gasteiger partial charge in [0.25, 0.3) is 5.91 Å². The first-order chi connectivity index (χ1) is 11.5. The van der Waals surface area contributed by atoms with E-state index < -0.39 is 0 Å². The highest BCUT2D eigenvalue weighted by Gasteiger charge is 2.10. The van der Waals surface area contributed by atoms with Crippen LogP contribution >= 0.6 is 11.6 Å². The third-order valence-corrected chi connectivity index (χ3v) is 3.72. The first-order valence-corrected chi connectivity index (χ1v) is 8.28. The van der Waals surface area contributed by atoms with Crippen LogP contribution in [0.5, 0.6) is 0 Å². The Balaban J connectivity index is 2.09. The van der Waals surface area contributed by atoms with Gasteiger partial charge in [-0.15, -0.1) is 0 Å². The zero-order chi connectivity index (χ0) is 17.8. The fourth-order valence-corrected chi connectivity index (χ4v) is 2.26. The number of methoxy groups -OCH3 is 1. The quantitative estimate of drug-likeness (QED) is 0.499. The van der Waals surface area contributed by atoms with Crippen molar-refractivity contribution in [2.45, 2.75) is 32.1 Å². The second-order valence-corrected chi connectivity index (χ2v) is 5.66. The van der Waals surface area contributed by atoms with Crippen LogP contribution in [0.1, 0.15) is 42.5 Å². The summed E-state index contributed by atoms with van der Waals surface area (Å²) >= 11 is 5.92. The number of carbonyl (C=O) groups excluding carboxylic acids is 3. The van der Waals surface area contributed by atoms with Crippen molar-refractivity contribution >= 4 is 29.4 Å². The average Bonchev–Trinajstić information content (AvgIpc) is 2.58. The lowest BCUT2D eigenvalue weighted by molar-refractivity contribution is -0.140. The Hall–Kier alpha value is -2.08. The molecule has 0 fully saturated rings. The predicted octanol–water partition coefficient (Wildman–Crippen LogP) is 2.31. The third kappa shape index (κ3) is 7.97. The van der Waals surface area contributed by atoms with Crippen LogP contribution in [0.15, 0.2) is 24.3 Å². The summed E-state index contributed by atoms with van der Waals surface area (Å²) in [4.78, 5) is 34.5. The monoisotopic (exact) mass is 354 g/mol. The van der Waals surface area contributed by atoms with Crippen LogP contribution in [-0.2, 0) is 14.3 Å². The SMILES string of the molecule is COC(=O)CCCCCCNC(=O)CNC(=O)c1ccccc1Cl. The van der Waals surface area contributed by atoms with Gasteiger partial charge in [0.2, 0.25) is 5.91 Å². The molecule has 0 radical (unpaired) electrons. The Morgan fingerprint density at radius 1 is 1.04 bits per heavy atom. The fourth-order valence-electron chi connectivity index (χ4n) is 2.04. The number of carbonyl (C=O) groups is 3. The summed E-state index contributed by atoms with van der Waals surface area (Å²) in [6, 6.07) is 6.67. The minimum absolute atomic E-state index is 0.0909. The number of nitrogens with one attached hydrogen (secondary N) is 2. The van der Waals surface area contributed by atoms with E-state index >= 15 is 0 Å². The minimum Gasteiger partial charge on any atom is -0.469 e. The Morgan fingerprint density at radius 3 is 2.46 bits per heavy atom. The minimum atomic E-state index is -0.376. The maximum Gasteiger partial charge on any atom is 0.305 e. The molecule has 1 aromatic rings. The summed E-state index contributed by atoms with van der Waals surface area (Å²) in [7, 11) is 1.38. The van der Waals surface area contributed by atoms with E-state index in [1.807, 2.05) is 0 Å². The Bertz CT molecular complexity index is 563. The predicted molar refractivity (Wildman–Crippen MR) is 91.9 cm³/mol. The molecule has 132 valence electrons. The number of amides is 2. The van der Waals surface area contributed by atoms with Crippen LogP contribution in [0.3, 0.4) is 0 Å². The standard InChI is InChI=1S/C17H23ClN2O4/c1-24-16(22)10-4-2-3-7-11-19-15(21)12-20-17(23)13-8-5-6-9-14(13)18/h5-6,8-9H,2-4,7,10-12H2,1H3,(H,19,21)(H,20,23). The van der Waals surface area contributed by atoms with E-state index in [-0.39, 0.29) is 24.3 Å². The molecular weight excluding hydrogens is 332 g/mol. The van der Waals surface area contributed by atoms with E-state index in [1.54, 1.807) is 24.3 Å². The topological polar surface area (TPSA) is 84.5 Å². The van der Waals surface area contributed by atoms with Gasteiger partial charge < -0.3 is 15.4 Å². The lowest BCUT2D eigenvalue weighted by Gasteiger charge is -2.08. The molecule has 6 nitrogen and oxygen atoms in total. The Morgan fingerprint density at radius 2 is 1.75 bits per heavy atom. The molecule has 2 N–H and O–H groups in total. The Kier molecular flexibility index (Phi) is 9.53. The molecule has 0 aliphatic heterocycles. The van der Waals surface area contributed by atoms with E-state index in [0.717, 1.165) is 25.7 Å². The van der Waals surface area contributed by atoms with Crippen molar-refractivity contribution in [2.75, 3.05) is 20.2 Å². The van der Waals surface area contributed by atoms with Crippen molar-refractivity contribution in [3.05, 3.63) is 34.9 Å². The normalized spacial score (nSPS) is 10.1. The second kappa shape index (κ2) is 11.5. The maximum absolute atomic E-state index is 11.9. The third-order valence-electron chi connectivity index (χ3n) is 3.39. The van der Waals surface area contributed by atoms with E-state index in [2.05, 4.69) is 15.4 Å². The molecule has 0 heterocycles. The molecule has 0 saturated carbocycles. The van der Waals surface area contributed by atoms with Crippen molar-refractivity contribution in [1.82, 2.24) is 10.6 Å². The van der Waals surface area contributed by atoms with Gasteiger partial charge in [0.1, 0.15) is 0 Å². The fraction of sp³-hybridized carbons (Fsp3) is 0.471. The molecule has 0 atom stereocenters. The highest BCUT2D eigenvalue weighted by molar-refractivity contribution is 6.33. The van der Waals surface area contributed by atoms with Crippen molar-refractivity contribution < 1.29 is 19.1 Å². The van der Waals surface area contributed by atoms with Gasteiger partial charge in [-0.3, -0.25) is 14.4 Å². The average molecular weight is 355 g/mol. The largest absolute Gasteiger partial charge is 0.469 e. The maximum atomic E-state index is 11.9. The lowest BCUT2D eigenvalue weighted by Crippen LogP contribution is -2.37. The molecule has 0 bridgehead atoms. The number of hydrogen-bond acceptors (Lipinski definition) is 4. The summed E-state index contributed by atoms with van der Waals surface area (Å²) in [6.45, 7) is 0.450. The zero-order valence-electron chi connectivity index (χ0n) is 13.8. The first kappa shape index (κ1) is 20.0. The number of ether oxygens (including phenoxy) is 1. The molecule has 0 unspecified atom stereocenters. The van der Waals surface area contributed by atoms with Gasteiger partial charge >= 0.3 is 5.97 Å². The van der Waals surface area contributed by atoms with Gasteiger partial charge in [0, 0.05) is 13.0 Å². The van der Waals surface area contributed by atoms with Crippen molar-refractivity contribution in [1.29, 1.82) is 0 Å². The smallest absolute Gasteiger partial charge is 0.305 e. The molecule has 0 aliphatic rings. The van der Waals surface area contributed by atoms with Gasteiger partial charge in [-0.05, 0) is 25.0 Å². The van der Waals surface area contributed by atoms with Crippen LogP contribution in [0.4, 0.5) is 0 Å². The molecule has 2 amide bonds. The summed E-state index contributed by atoms with van der Waals surface area (Å²) in [5.41, 5.74) is 0.345. The van der Waals surface area contributed by atoms with E-state index in [1.165, 1.54) is 7.11 Å². The second-order valence-electron chi connectivity index (χ2n) is 5.25. The highest BCUT2D eigenvalue weighted by atomic mass is 35.5. The van der Waals surface area contributed by atoms with Crippen LogP contribution < -0.4 is 10.6 Å². The summed E-state index contributed by atoms with van der Waals surface area (Å²) < 4.78 is 4.56. The number of rotatable bonds is 10. The van der Waals surface area contributed by atoms with Crippen LogP contribution in [-0.4, -0.2) is 38.0 Å². The van der Waals surface area contributed by atoms with Crippen LogP contribution in [0.25, 0.3) is 0 Å². The lowest BCUT2D eigenvalue weighted by atomic mass is 10.1. The van der Waals surface area contributed by atoms with Crippen LogP contribution in [0, 0.1) is 0 Å². The van der Waals surface area contributed by atoms with E-state index in [0.29, 0.717) is 23.6 Å². The number of hydrogen-bond donors (Lipinski definition) is 2. The molecule has 0 aromatic heterocycles. The van der Waals surface area contributed by atoms with E-state index in [4.69, 9.17) is 11.6 Å². The summed E-state index contributed by atoms with van der Waals surface area (Å²) in [5, 5.41) is 5.62. The number of esters is 1. The molecule has 1 rings (SSSR count). The van der Waals surface area contributed by atoms with Crippen LogP contribution in [0.2, 0.25) is 5.02 Å². The molecule has 7 heteroatoms. The molecule has 0 aliphatic carbocycles. The molecule has 1 aromatic carbocycles. The van der Waals surface area contributed by atoms with Gasteiger partial charge in [-0.25, -0.2) is 0 Å². The molecule has 0 spiro atoms. The van der Waals surface area contributed by atoms with Crippen molar-refractivity contribution in [3.63, 3.8) is 0 Å². The molecule has 24 heavy (non-hydrogen) atoms. The molecular formula is C17H23ClN2O4. The zero-order valence-corrected chi connectivity index (χ0v) is 14.5. The van der Waals surface area contributed by atoms with Crippen molar-refractivity contribution in [2.24, 2.45) is 0 Å². The van der Waals surface area contributed by atoms with Gasteiger partial charge in [0.15, 0.2) is 0 Å². The van der Waals surface area contributed by atoms with Gasteiger partial charge in [0.05, 0.1) is 24.2 Å². The Labute approximate surface area is 146 Å². The van der Waals surface area contributed by atoms with E-state index in [9.17, 15) is 14.4 Å². The first-order valence-electron chi connectivity index (χ1n) is 7.91. The van der Waals surface area contributed by atoms with Gasteiger partial charge in [-0.1, -0.05) is 36.6 Å². The number of halogens is 1. The van der Waals surface area contributed by atoms with Crippen molar-refractivity contribution in [3.8, 4) is 0 Å². The number of benzene rings is 1. The van der Waals surface area contributed by atoms with Gasteiger partial charge in [-0.2, -0.15) is 0 Å².